The van der Waals surface area contributed by atoms with Crippen LogP contribution in [0, 0.1) is 0 Å². The molecule has 0 aliphatic heterocycles. The average Bonchev–Trinajstić information content (AvgIpc) is 2.87. The Balaban J connectivity index is 1.78. The summed E-state index contributed by atoms with van der Waals surface area (Å²) >= 11 is 0. The maximum absolute atomic E-state index is 12.6. The maximum atomic E-state index is 12.6. The number of hydrogen-bond acceptors (Lipinski definition) is 6. The number of unbranched alkanes of at least 4 members (excludes halogenated alkanes) is 12. The smallest absolute Gasteiger partial charge is 0.339 e. The third kappa shape index (κ3) is 11.0. The SMILES string of the molecule is CCCCCCCCCCCCCCCc1c/c(=N\NS(=O)(=O)c2ccc(O)c(C(=O)O)c2)n(C)cn1. The monoisotopic (exact) mass is 534 g/mol. The standard InChI is InChI=1S/C27H42N4O5S/c1-3-4-5-6-7-8-9-10-11-12-13-14-15-16-22-19-26(31(2)21-28-22)29-30-37(35,36)23-17-18-25(32)24(20-23)27(33)34/h17-21,30,32H,3-16H2,1-2H3,(H,33,34)/b29-26+. The van der Waals surface area contributed by atoms with Crippen LogP contribution in [0.15, 0.2) is 40.6 Å². The summed E-state index contributed by atoms with van der Waals surface area (Å²) in [6.45, 7) is 2.25. The lowest BCUT2D eigenvalue weighted by Gasteiger charge is -2.07. The van der Waals surface area contributed by atoms with E-state index in [0.717, 1.165) is 43.2 Å². The highest BCUT2D eigenvalue weighted by molar-refractivity contribution is 7.89. The lowest BCUT2D eigenvalue weighted by molar-refractivity contribution is 0.0693. The molecular formula is C27H42N4O5S. The summed E-state index contributed by atoms with van der Waals surface area (Å²) in [6.07, 6.45) is 19.1. The Bertz CT molecular complexity index is 1160. The van der Waals surface area contributed by atoms with E-state index < -0.39 is 27.3 Å². The van der Waals surface area contributed by atoms with Gasteiger partial charge < -0.3 is 14.8 Å². The largest absolute Gasteiger partial charge is 0.507 e. The molecule has 0 saturated heterocycles. The Morgan fingerprint density at radius 3 is 2.08 bits per heavy atom. The van der Waals surface area contributed by atoms with Gasteiger partial charge in [0.1, 0.15) is 11.3 Å². The predicted molar refractivity (Wildman–Crippen MR) is 144 cm³/mol. The molecule has 1 heterocycles. The van der Waals surface area contributed by atoms with E-state index in [4.69, 9.17) is 5.11 Å². The van der Waals surface area contributed by atoms with Crippen molar-refractivity contribution in [3.05, 3.63) is 47.3 Å². The van der Waals surface area contributed by atoms with Gasteiger partial charge in [0.05, 0.1) is 11.2 Å². The third-order valence-electron chi connectivity index (χ3n) is 6.38. The van der Waals surface area contributed by atoms with E-state index in [9.17, 15) is 18.3 Å². The van der Waals surface area contributed by atoms with Crippen LogP contribution >= 0.6 is 0 Å². The molecule has 0 aliphatic rings. The molecule has 0 radical (unpaired) electrons. The molecule has 10 heteroatoms. The summed E-state index contributed by atoms with van der Waals surface area (Å²) in [7, 11) is -2.42. The molecular weight excluding hydrogens is 492 g/mol. The van der Waals surface area contributed by atoms with Crippen molar-refractivity contribution in [2.24, 2.45) is 12.1 Å². The highest BCUT2D eigenvalue weighted by Gasteiger charge is 2.18. The Labute approximate surface area is 220 Å². The van der Waals surface area contributed by atoms with E-state index in [1.807, 2.05) is 0 Å². The number of phenols is 1. The Kier molecular flexibility index (Phi) is 13.2. The number of hydrogen-bond donors (Lipinski definition) is 3. The van der Waals surface area contributed by atoms with Gasteiger partial charge in [-0.3, -0.25) is 0 Å². The number of aryl methyl sites for hydroxylation is 2. The van der Waals surface area contributed by atoms with Crippen LogP contribution < -0.4 is 10.3 Å². The summed E-state index contributed by atoms with van der Waals surface area (Å²) in [6, 6.07) is 4.77. The van der Waals surface area contributed by atoms with Crippen LogP contribution in [-0.2, 0) is 23.5 Å². The van der Waals surface area contributed by atoms with Crippen LogP contribution in [0.25, 0.3) is 0 Å². The van der Waals surface area contributed by atoms with Crippen molar-refractivity contribution in [3.8, 4) is 5.75 Å². The van der Waals surface area contributed by atoms with Gasteiger partial charge in [-0.05, 0) is 31.0 Å². The van der Waals surface area contributed by atoms with Gasteiger partial charge in [0, 0.05) is 18.8 Å². The minimum Gasteiger partial charge on any atom is -0.507 e. The van der Waals surface area contributed by atoms with Gasteiger partial charge in [0.2, 0.25) is 0 Å². The van der Waals surface area contributed by atoms with Crippen LogP contribution in [0.5, 0.6) is 5.75 Å². The molecule has 0 atom stereocenters. The molecule has 0 amide bonds. The van der Waals surface area contributed by atoms with Crippen LogP contribution in [-0.4, -0.2) is 34.2 Å². The number of aromatic nitrogens is 2. The number of aromatic carboxylic acids is 1. The van der Waals surface area contributed by atoms with E-state index in [-0.39, 0.29) is 4.90 Å². The number of nitrogens with one attached hydrogen (secondary N) is 1. The summed E-state index contributed by atoms with van der Waals surface area (Å²) in [4.78, 5) is 17.4. The first kappa shape index (κ1) is 30.3. The first-order valence-electron chi connectivity index (χ1n) is 13.4. The number of carboxylic acid groups (broad SMARTS) is 1. The fraction of sp³-hybridized carbons (Fsp3) is 0.593. The molecule has 3 N–H and O–H groups in total. The molecule has 37 heavy (non-hydrogen) atoms. The number of sulfonamides is 1. The van der Waals surface area contributed by atoms with Crippen molar-refractivity contribution in [2.45, 2.75) is 102 Å². The van der Waals surface area contributed by atoms with Crippen molar-refractivity contribution in [3.63, 3.8) is 0 Å². The van der Waals surface area contributed by atoms with Gasteiger partial charge >= 0.3 is 5.97 Å². The lowest BCUT2D eigenvalue weighted by Crippen LogP contribution is -2.27. The number of carboxylic acids is 1. The molecule has 206 valence electrons. The van der Waals surface area contributed by atoms with E-state index in [0.29, 0.717) is 5.49 Å². The third-order valence-corrected chi connectivity index (χ3v) is 7.59. The number of nitrogens with zero attached hydrogens (tertiary/aromatic N) is 3. The van der Waals surface area contributed by atoms with E-state index >= 15 is 0 Å². The van der Waals surface area contributed by atoms with Gasteiger partial charge in [-0.25, -0.2) is 9.78 Å². The van der Waals surface area contributed by atoms with E-state index in [1.165, 1.54) is 70.6 Å². The highest BCUT2D eigenvalue weighted by atomic mass is 32.2. The van der Waals surface area contributed by atoms with Crippen LogP contribution in [0.2, 0.25) is 0 Å². The van der Waals surface area contributed by atoms with Gasteiger partial charge in [-0.2, -0.15) is 13.2 Å². The van der Waals surface area contributed by atoms with Crippen LogP contribution in [0.1, 0.15) is 106 Å². The quantitative estimate of drug-likeness (QED) is 0.177. The fourth-order valence-corrected chi connectivity index (χ4v) is 4.93. The Morgan fingerprint density at radius 2 is 1.51 bits per heavy atom. The maximum Gasteiger partial charge on any atom is 0.339 e. The molecule has 1 aromatic carbocycles. The van der Waals surface area contributed by atoms with Gasteiger partial charge in [0.25, 0.3) is 10.0 Å². The molecule has 1 aromatic heterocycles. The minimum absolute atomic E-state index is 0.310. The molecule has 0 spiro atoms. The zero-order valence-corrected chi connectivity index (χ0v) is 23.0. The number of rotatable bonds is 18. The highest BCUT2D eigenvalue weighted by Crippen LogP contribution is 2.21. The lowest BCUT2D eigenvalue weighted by atomic mass is 10.0. The van der Waals surface area contributed by atoms with Crippen LogP contribution in [0.3, 0.4) is 0 Å². The van der Waals surface area contributed by atoms with Gasteiger partial charge in [-0.15, -0.1) is 5.10 Å². The number of carbonyl (C=O) groups is 1. The Morgan fingerprint density at radius 1 is 0.946 bits per heavy atom. The summed E-state index contributed by atoms with van der Waals surface area (Å²) in [5.74, 6) is -1.94. The molecule has 0 aliphatic carbocycles. The zero-order valence-electron chi connectivity index (χ0n) is 22.2. The molecule has 2 rings (SSSR count). The summed E-state index contributed by atoms with van der Waals surface area (Å²) in [5.41, 5.74) is 0.704. The van der Waals surface area contributed by atoms with Crippen molar-refractivity contribution in [2.75, 3.05) is 0 Å². The summed E-state index contributed by atoms with van der Waals surface area (Å²) in [5, 5.41) is 22.7. The molecule has 0 fully saturated rings. The number of benzene rings is 1. The van der Waals surface area contributed by atoms with Crippen molar-refractivity contribution in [1.82, 2.24) is 14.4 Å². The fourth-order valence-electron chi connectivity index (χ4n) is 4.09. The topological polar surface area (TPSA) is 134 Å². The van der Waals surface area contributed by atoms with Gasteiger partial charge in [0.15, 0.2) is 5.49 Å². The van der Waals surface area contributed by atoms with Crippen molar-refractivity contribution >= 4 is 16.0 Å². The first-order chi connectivity index (χ1) is 17.7. The minimum atomic E-state index is -4.13. The van der Waals surface area contributed by atoms with E-state index in [1.54, 1.807) is 24.0 Å². The molecule has 9 nitrogen and oxygen atoms in total. The second-order valence-electron chi connectivity index (χ2n) is 9.53. The molecule has 2 aromatic rings. The number of aromatic hydroxyl groups is 1. The first-order valence-corrected chi connectivity index (χ1v) is 14.9. The molecule has 0 saturated carbocycles. The average molecular weight is 535 g/mol. The van der Waals surface area contributed by atoms with E-state index in [2.05, 4.69) is 21.8 Å². The predicted octanol–water partition coefficient (Wildman–Crippen LogP) is 5.25. The second kappa shape index (κ2) is 16.1. The van der Waals surface area contributed by atoms with Gasteiger partial charge in [-0.1, -0.05) is 84.0 Å². The normalized spacial score (nSPS) is 12.1. The molecule has 0 unspecified atom stereocenters. The summed E-state index contributed by atoms with van der Waals surface area (Å²) < 4.78 is 26.8. The molecule has 0 bridgehead atoms. The zero-order chi connectivity index (χ0) is 27.1. The Hall–Kier alpha value is -2.88. The van der Waals surface area contributed by atoms with Crippen LogP contribution in [0.4, 0.5) is 0 Å². The second-order valence-corrected chi connectivity index (χ2v) is 11.2. The van der Waals surface area contributed by atoms with Crippen molar-refractivity contribution < 1.29 is 23.4 Å². The van der Waals surface area contributed by atoms with Crippen molar-refractivity contribution in [1.29, 1.82) is 0 Å².